The van der Waals surface area contributed by atoms with Crippen LogP contribution in [-0.2, 0) is 24.4 Å². The first kappa shape index (κ1) is 25.5. The number of nitrogens with one attached hydrogen (secondary N) is 1. The molecule has 0 aliphatic carbocycles. The Hall–Kier alpha value is -3.76. The molecule has 1 saturated heterocycles. The average molecular weight is 531 g/mol. The summed E-state index contributed by atoms with van der Waals surface area (Å²) in [5.41, 5.74) is 4.86. The van der Waals surface area contributed by atoms with Crippen LogP contribution in [0.15, 0.2) is 41.2 Å². The van der Waals surface area contributed by atoms with Crippen LogP contribution in [0.4, 0.5) is 0 Å². The Morgan fingerprint density at radius 3 is 2.77 bits per heavy atom. The van der Waals surface area contributed by atoms with Crippen LogP contribution < -0.4 is 15.0 Å². The molecule has 0 bridgehead atoms. The summed E-state index contributed by atoms with van der Waals surface area (Å²) in [5.74, 6) is 2.25. The molecule has 2 aromatic carbocycles. The Morgan fingerprint density at radius 1 is 1.10 bits per heavy atom. The number of nitrogens with zero attached hydrogens (tertiary/aromatic N) is 5. The van der Waals surface area contributed by atoms with Crippen LogP contribution in [0.3, 0.4) is 0 Å². The molecule has 2 aliphatic heterocycles. The first-order valence-electron chi connectivity index (χ1n) is 13.6. The molecule has 0 radical (unpaired) electrons. The van der Waals surface area contributed by atoms with Crippen molar-refractivity contribution in [1.82, 2.24) is 30.1 Å². The van der Waals surface area contributed by atoms with Crippen molar-refractivity contribution in [3.05, 3.63) is 74.8 Å². The fourth-order valence-electron chi connectivity index (χ4n) is 5.57. The Bertz CT molecular complexity index is 1540. The number of benzene rings is 2. The second kappa shape index (κ2) is 10.8. The summed E-state index contributed by atoms with van der Waals surface area (Å²) in [7, 11) is 0. The summed E-state index contributed by atoms with van der Waals surface area (Å²) in [6.45, 7) is 8.89. The fourth-order valence-corrected chi connectivity index (χ4v) is 5.57. The lowest BCUT2D eigenvalue weighted by Gasteiger charge is -2.30. The highest BCUT2D eigenvalue weighted by atomic mass is 16.7. The predicted octanol–water partition coefficient (Wildman–Crippen LogP) is 4.19. The first-order valence-corrected chi connectivity index (χ1v) is 13.6. The number of aromatic amines is 1. The van der Waals surface area contributed by atoms with E-state index in [1.54, 1.807) is 0 Å². The van der Waals surface area contributed by atoms with E-state index in [1.165, 1.54) is 5.56 Å². The fraction of sp³-hybridized carbons (Fsp3) is 0.448. The zero-order valence-corrected chi connectivity index (χ0v) is 22.6. The van der Waals surface area contributed by atoms with Crippen molar-refractivity contribution in [3.8, 4) is 11.5 Å². The number of rotatable bonds is 9. The third kappa shape index (κ3) is 5.26. The molecule has 4 heterocycles. The Kier molecular flexibility index (Phi) is 7.05. The van der Waals surface area contributed by atoms with Crippen LogP contribution in [-0.4, -0.2) is 49.6 Å². The Morgan fingerprint density at radius 2 is 1.95 bits per heavy atom. The standard InChI is InChI=1S/C29H34N6O4/c1-4-25(28-31-32-33-35(28)16-23-6-5-9-37-23)34(14-20-7-8-26-27(12-20)39-17-38-26)15-22-13-21-10-18(2)19(3)11-24(21)30-29(22)36/h7-8,10-13,23,25H,4-6,9,14-17H2,1-3H3,(H,30,36)/t23-,25-/m0/s1. The van der Waals surface area contributed by atoms with Crippen molar-refractivity contribution in [2.24, 2.45) is 0 Å². The third-order valence-corrected chi connectivity index (χ3v) is 7.82. The zero-order chi connectivity index (χ0) is 26.9. The Labute approximate surface area is 226 Å². The average Bonchev–Trinajstić information content (AvgIpc) is 3.69. The minimum Gasteiger partial charge on any atom is -0.454 e. The van der Waals surface area contributed by atoms with Gasteiger partial charge in [0.15, 0.2) is 17.3 Å². The molecule has 0 amide bonds. The zero-order valence-electron chi connectivity index (χ0n) is 22.6. The van der Waals surface area contributed by atoms with Crippen molar-refractivity contribution in [3.63, 3.8) is 0 Å². The molecule has 1 fully saturated rings. The second-order valence-corrected chi connectivity index (χ2v) is 10.5. The van der Waals surface area contributed by atoms with E-state index in [0.29, 0.717) is 25.2 Å². The van der Waals surface area contributed by atoms with E-state index in [2.05, 4.69) is 52.2 Å². The van der Waals surface area contributed by atoms with Gasteiger partial charge in [-0.05, 0) is 95.9 Å². The quantitative estimate of drug-likeness (QED) is 0.343. The van der Waals surface area contributed by atoms with Gasteiger partial charge >= 0.3 is 0 Å². The maximum Gasteiger partial charge on any atom is 0.252 e. The summed E-state index contributed by atoms with van der Waals surface area (Å²) in [6, 6.07) is 12.0. The molecule has 0 saturated carbocycles. The molecule has 2 atom stereocenters. The smallest absolute Gasteiger partial charge is 0.252 e. The van der Waals surface area contributed by atoms with E-state index in [4.69, 9.17) is 14.2 Å². The summed E-state index contributed by atoms with van der Waals surface area (Å²) < 4.78 is 18.9. The summed E-state index contributed by atoms with van der Waals surface area (Å²) in [6.07, 6.45) is 2.93. The molecule has 2 aromatic heterocycles. The van der Waals surface area contributed by atoms with Crippen molar-refractivity contribution in [2.75, 3.05) is 13.4 Å². The van der Waals surface area contributed by atoms with Crippen LogP contribution in [0.2, 0.25) is 0 Å². The molecule has 10 nitrogen and oxygen atoms in total. The maximum absolute atomic E-state index is 13.3. The molecular weight excluding hydrogens is 496 g/mol. The number of aryl methyl sites for hydroxylation is 2. The monoisotopic (exact) mass is 530 g/mol. The highest BCUT2D eigenvalue weighted by Gasteiger charge is 2.28. The Balaban J connectivity index is 1.36. The van der Waals surface area contributed by atoms with Crippen LogP contribution >= 0.6 is 0 Å². The van der Waals surface area contributed by atoms with Gasteiger partial charge in [0.05, 0.1) is 18.7 Å². The molecule has 10 heteroatoms. The largest absolute Gasteiger partial charge is 0.454 e. The van der Waals surface area contributed by atoms with E-state index < -0.39 is 0 Å². The molecule has 0 unspecified atom stereocenters. The predicted molar refractivity (Wildman–Crippen MR) is 146 cm³/mol. The molecule has 39 heavy (non-hydrogen) atoms. The lowest BCUT2D eigenvalue weighted by Crippen LogP contribution is -2.33. The van der Waals surface area contributed by atoms with E-state index in [-0.39, 0.29) is 24.5 Å². The van der Waals surface area contributed by atoms with Gasteiger partial charge in [-0.2, -0.15) is 0 Å². The third-order valence-electron chi connectivity index (χ3n) is 7.82. The van der Waals surface area contributed by atoms with Gasteiger partial charge in [0.2, 0.25) is 6.79 Å². The number of hydrogen-bond acceptors (Lipinski definition) is 8. The first-order chi connectivity index (χ1) is 19.0. The molecule has 204 valence electrons. The number of hydrogen-bond donors (Lipinski definition) is 1. The van der Waals surface area contributed by atoms with Gasteiger partial charge < -0.3 is 19.2 Å². The van der Waals surface area contributed by atoms with E-state index in [0.717, 1.165) is 65.2 Å². The van der Waals surface area contributed by atoms with Crippen molar-refractivity contribution >= 4 is 10.9 Å². The van der Waals surface area contributed by atoms with Gasteiger partial charge in [0.1, 0.15) is 0 Å². The number of fused-ring (bicyclic) bond motifs is 2. The lowest BCUT2D eigenvalue weighted by atomic mass is 10.0. The minimum atomic E-state index is -0.123. The molecule has 1 N–H and O–H groups in total. The molecular formula is C29H34N6O4. The van der Waals surface area contributed by atoms with Gasteiger partial charge in [-0.15, -0.1) is 5.10 Å². The summed E-state index contributed by atoms with van der Waals surface area (Å²) >= 11 is 0. The van der Waals surface area contributed by atoms with E-state index in [1.807, 2.05) is 35.0 Å². The van der Waals surface area contributed by atoms with Crippen LogP contribution in [0.5, 0.6) is 11.5 Å². The van der Waals surface area contributed by atoms with Gasteiger partial charge in [-0.1, -0.05) is 13.0 Å². The number of aromatic nitrogens is 5. The van der Waals surface area contributed by atoms with E-state index >= 15 is 0 Å². The van der Waals surface area contributed by atoms with Crippen molar-refractivity contribution in [2.45, 2.75) is 71.8 Å². The van der Waals surface area contributed by atoms with Crippen LogP contribution in [0, 0.1) is 13.8 Å². The van der Waals surface area contributed by atoms with Crippen LogP contribution in [0.1, 0.15) is 60.3 Å². The molecule has 6 rings (SSSR count). The summed E-state index contributed by atoms with van der Waals surface area (Å²) in [5, 5.41) is 13.8. The maximum atomic E-state index is 13.3. The van der Waals surface area contributed by atoms with Crippen molar-refractivity contribution < 1.29 is 14.2 Å². The molecule has 0 spiro atoms. The molecule has 2 aliphatic rings. The SMILES string of the molecule is CC[C@@H](c1nnnn1C[C@@H]1CCCO1)N(Cc1ccc2c(c1)OCO2)Cc1cc2cc(C)c(C)cc2[nH]c1=O. The second-order valence-electron chi connectivity index (χ2n) is 10.5. The highest BCUT2D eigenvalue weighted by Crippen LogP contribution is 2.34. The lowest BCUT2D eigenvalue weighted by molar-refractivity contribution is 0.0888. The van der Waals surface area contributed by atoms with Gasteiger partial charge in [0.25, 0.3) is 5.56 Å². The molecule has 4 aromatic rings. The topological polar surface area (TPSA) is 107 Å². The number of pyridine rings is 1. The number of ether oxygens (including phenoxy) is 3. The van der Waals surface area contributed by atoms with Crippen molar-refractivity contribution in [1.29, 1.82) is 0 Å². The minimum absolute atomic E-state index is 0.0877. The van der Waals surface area contributed by atoms with Gasteiger partial charge in [-0.3, -0.25) is 9.69 Å². The summed E-state index contributed by atoms with van der Waals surface area (Å²) in [4.78, 5) is 18.7. The van der Waals surface area contributed by atoms with E-state index in [9.17, 15) is 4.79 Å². The number of H-pyrrole nitrogens is 1. The van der Waals surface area contributed by atoms with Gasteiger partial charge in [0, 0.05) is 30.8 Å². The normalized spacial score (nSPS) is 17.4. The van der Waals surface area contributed by atoms with Crippen LogP contribution in [0.25, 0.3) is 10.9 Å². The van der Waals surface area contributed by atoms with Gasteiger partial charge in [-0.25, -0.2) is 4.68 Å². The highest BCUT2D eigenvalue weighted by molar-refractivity contribution is 5.80. The number of tetrazole rings is 1.